The maximum Gasteiger partial charge on any atom is 0.306 e. The number of ketones is 3. The van der Waals surface area contributed by atoms with Gasteiger partial charge in [-0.1, -0.05) is 47.1 Å². The molecule has 0 aliphatic heterocycles. The largest absolute Gasteiger partial charge is 0.481 e. The number of carbonyl (C=O) groups excluding carboxylic acids is 3. The Bertz CT molecular complexity index is 1130. The second kappa shape index (κ2) is 8.70. The van der Waals surface area contributed by atoms with E-state index in [1.807, 2.05) is 27.7 Å². The molecule has 3 N–H and O–H groups in total. The van der Waals surface area contributed by atoms with E-state index >= 15 is 0 Å². The first kappa shape index (κ1) is 27.9. The average molecular weight is 515 g/mol. The predicted octanol–water partition coefficient (Wildman–Crippen LogP) is 4.05. The zero-order chi connectivity index (χ0) is 27.9. The second-order valence-corrected chi connectivity index (χ2v) is 13.5. The van der Waals surface area contributed by atoms with Gasteiger partial charge < -0.3 is 15.3 Å². The zero-order valence-electron chi connectivity index (χ0n) is 23.2. The molecule has 0 aromatic rings. The van der Waals surface area contributed by atoms with Crippen LogP contribution < -0.4 is 0 Å². The number of fused-ring (bicyclic) bond motifs is 4. The lowest BCUT2D eigenvalue weighted by Gasteiger charge is -2.60. The van der Waals surface area contributed by atoms with Gasteiger partial charge in [-0.15, -0.1) is 0 Å². The Morgan fingerprint density at radius 1 is 1.03 bits per heavy atom. The molecule has 7 nitrogen and oxygen atoms in total. The number of aliphatic hydroxyl groups excluding tert-OH is 2. The van der Waals surface area contributed by atoms with Crippen LogP contribution in [0, 0.1) is 39.4 Å². The number of carboxylic acid groups (broad SMARTS) is 1. The van der Waals surface area contributed by atoms with E-state index in [0.29, 0.717) is 36.0 Å². The standard InChI is InChI=1S/C30H42O7/c1-15(10-17(31)11-16(2)26(36)37)18-12-23(35)30(7)25-19(32)13-21-27(3,4)22(34)8-9-28(21,5)24(25)20(33)14-29(18,30)6/h10,16,18,21-23,34-35H,8-9,11-14H2,1-7H3,(H,36,37)/b15-10+/t16-,18-,21+,22+,23+,28+,29-,30+/m1/s1. The minimum atomic E-state index is -1.03. The molecule has 0 heterocycles. The van der Waals surface area contributed by atoms with Crippen molar-refractivity contribution in [2.24, 2.45) is 39.4 Å². The van der Waals surface area contributed by atoms with Crippen LogP contribution in [0.3, 0.4) is 0 Å². The van der Waals surface area contributed by atoms with Crippen LogP contribution in [-0.2, 0) is 19.2 Å². The number of carbonyl (C=O) groups is 4. The summed E-state index contributed by atoms with van der Waals surface area (Å²) in [5.41, 5.74) is -1.08. The van der Waals surface area contributed by atoms with E-state index < -0.39 is 45.8 Å². The molecule has 0 aromatic carbocycles. The van der Waals surface area contributed by atoms with Gasteiger partial charge in [-0.2, -0.15) is 0 Å². The molecule has 4 aliphatic carbocycles. The Morgan fingerprint density at radius 2 is 1.65 bits per heavy atom. The summed E-state index contributed by atoms with van der Waals surface area (Å²) in [4.78, 5) is 51.8. The molecule has 0 unspecified atom stereocenters. The Labute approximate surface area is 219 Å². The van der Waals surface area contributed by atoms with E-state index in [-0.39, 0.29) is 48.4 Å². The molecular weight excluding hydrogens is 472 g/mol. The van der Waals surface area contributed by atoms with Crippen LogP contribution in [0.4, 0.5) is 0 Å². The maximum absolute atomic E-state index is 14.0. The predicted molar refractivity (Wildman–Crippen MR) is 137 cm³/mol. The lowest BCUT2D eigenvalue weighted by atomic mass is 9.42. The van der Waals surface area contributed by atoms with Crippen molar-refractivity contribution in [3.8, 4) is 0 Å². The minimum Gasteiger partial charge on any atom is -0.481 e. The molecule has 0 amide bonds. The highest BCUT2D eigenvalue weighted by molar-refractivity contribution is 6.11. The summed E-state index contributed by atoms with van der Waals surface area (Å²) >= 11 is 0. The summed E-state index contributed by atoms with van der Waals surface area (Å²) < 4.78 is 0. The first-order chi connectivity index (χ1) is 16.9. The summed E-state index contributed by atoms with van der Waals surface area (Å²) in [5, 5.41) is 31.5. The lowest BCUT2D eigenvalue weighted by molar-refractivity contribution is -0.143. The number of allylic oxidation sites excluding steroid dienone is 3. The van der Waals surface area contributed by atoms with Crippen molar-refractivity contribution < 1.29 is 34.5 Å². The summed E-state index contributed by atoms with van der Waals surface area (Å²) in [6.45, 7) is 13.2. The van der Waals surface area contributed by atoms with Crippen LogP contribution in [0.15, 0.2) is 22.8 Å². The number of aliphatic carboxylic acids is 1. The van der Waals surface area contributed by atoms with Crippen LogP contribution in [0.2, 0.25) is 0 Å². The van der Waals surface area contributed by atoms with Crippen molar-refractivity contribution >= 4 is 23.3 Å². The third-order valence-electron chi connectivity index (χ3n) is 11.2. The first-order valence-corrected chi connectivity index (χ1v) is 13.5. The van der Waals surface area contributed by atoms with Crippen molar-refractivity contribution in [2.45, 2.75) is 99.2 Å². The molecule has 37 heavy (non-hydrogen) atoms. The fourth-order valence-corrected chi connectivity index (χ4v) is 8.68. The van der Waals surface area contributed by atoms with Gasteiger partial charge in [-0.05, 0) is 54.9 Å². The monoisotopic (exact) mass is 514 g/mol. The molecule has 204 valence electrons. The van der Waals surface area contributed by atoms with Gasteiger partial charge in [-0.3, -0.25) is 19.2 Å². The van der Waals surface area contributed by atoms with Crippen molar-refractivity contribution in [2.75, 3.05) is 0 Å². The zero-order valence-corrected chi connectivity index (χ0v) is 23.2. The van der Waals surface area contributed by atoms with E-state index in [9.17, 15) is 29.4 Å². The molecular formula is C30H42O7. The van der Waals surface area contributed by atoms with Gasteiger partial charge in [0, 0.05) is 41.2 Å². The number of Topliss-reactive ketones (excluding diaryl/α,β-unsaturated/α-hetero) is 2. The minimum absolute atomic E-state index is 0.0690. The molecule has 0 spiro atoms. The normalized spacial score (nSPS) is 42.1. The van der Waals surface area contributed by atoms with Crippen LogP contribution in [0.25, 0.3) is 0 Å². The fourth-order valence-electron chi connectivity index (χ4n) is 8.68. The van der Waals surface area contributed by atoms with Crippen molar-refractivity contribution in [3.05, 3.63) is 22.8 Å². The van der Waals surface area contributed by atoms with Crippen LogP contribution in [-0.4, -0.2) is 50.8 Å². The molecule has 0 bridgehead atoms. The summed E-state index contributed by atoms with van der Waals surface area (Å²) in [6.07, 6.45) is 1.80. The van der Waals surface area contributed by atoms with Gasteiger partial charge in [0.05, 0.1) is 18.1 Å². The lowest BCUT2D eigenvalue weighted by Crippen LogP contribution is -2.60. The first-order valence-electron chi connectivity index (χ1n) is 13.5. The molecule has 7 heteroatoms. The Morgan fingerprint density at radius 3 is 2.24 bits per heavy atom. The highest BCUT2D eigenvalue weighted by Crippen LogP contribution is 2.70. The molecule has 0 radical (unpaired) electrons. The SMILES string of the molecule is C/C(=C\C(=O)C[C@@H](C)C(=O)O)[C@H]1C[C@H](O)[C@@]2(C)C3=C(C(=O)C[C@]12C)[C@@]1(C)CC[C@H](O)C(C)(C)[C@@H]1CC3=O. The van der Waals surface area contributed by atoms with Gasteiger partial charge in [0.15, 0.2) is 17.3 Å². The van der Waals surface area contributed by atoms with E-state index in [4.69, 9.17) is 5.11 Å². The number of aliphatic hydroxyl groups is 2. The number of carboxylic acids is 1. The van der Waals surface area contributed by atoms with E-state index in [2.05, 4.69) is 6.92 Å². The van der Waals surface area contributed by atoms with Crippen LogP contribution in [0.5, 0.6) is 0 Å². The van der Waals surface area contributed by atoms with Crippen LogP contribution >= 0.6 is 0 Å². The third kappa shape index (κ3) is 3.75. The van der Waals surface area contributed by atoms with Crippen molar-refractivity contribution in [1.82, 2.24) is 0 Å². The fraction of sp³-hybridized carbons (Fsp3) is 0.733. The smallest absolute Gasteiger partial charge is 0.306 e. The molecule has 2 fully saturated rings. The number of hydrogen-bond donors (Lipinski definition) is 3. The van der Waals surface area contributed by atoms with Gasteiger partial charge in [0.25, 0.3) is 0 Å². The quantitative estimate of drug-likeness (QED) is 0.472. The molecule has 8 atom stereocenters. The van der Waals surface area contributed by atoms with Crippen molar-refractivity contribution in [3.63, 3.8) is 0 Å². The second-order valence-electron chi connectivity index (χ2n) is 13.5. The summed E-state index contributed by atoms with van der Waals surface area (Å²) in [5.74, 6) is -2.80. The van der Waals surface area contributed by atoms with Gasteiger partial charge >= 0.3 is 5.97 Å². The Kier molecular flexibility index (Phi) is 6.56. The van der Waals surface area contributed by atoms with Crippen molar-refractivity contribution in [1.29, 1.82) is 0 Å². The van der Waals surface area contributed by atoms with Gasteiger partial charge in [0.2, 0.25) is 0 Å². The highest BCUT2D eigenvalue weighted by Gasteiger charge is 2.69. The average Bonchev–Trinajstić information content (AvgIpc) is 2.99. The van der Waals surface area contributed by atoms with E-state index in [1.165, 1.54) is 13.0 Å². The number of rotatable bonds is 5. The molecule has 0 saturated heterocycles. The van der Waals surface area contributed by atoms with Gasteiger partial charge in [-0.25, -0.2) is 0 Å². The topological polar surface area (TPSA) is 129 Å². The molecule has 4 rings (SSSR count). The summed E-state index contributed by atoms with van der Waals surface area (Å²) in [6, 6.07) is 0. The van der Waals surface area contributed by atoms with Gasteiger partial charge in [0.1, 0.15) is 0 Å². The molecule has 4 aliphatic rings. The Balaban J connectivity index is 1.80. The highest BCUT2D eigenvalue weighted by atomic mass is 16.4. The maximum atomic E-state index is 14.0. The van der Waals surface area contributed by atoms with Crippen LogP contribution in [0.1, 0.15) is 87.0 Å². The number of hydrogen-bond acceptors (Lipinski definition) is 6. The molecule has 2 saturated carbocycles. The third-order valence-corrected chi connectivity index (χ3v) is 11.2. The molecule has 0 aromatic heterocycles. The Hall–Kier alpha value is -2.12. The van der Waals surface area contributed by atoms with E-state index in [1.54, 1.807) is 6.92 Å². The van der Waals surface area contributed by atoms with E-state index in [0.717, 1.165) is 0 Å². The summed E-state index contributed by atoms with van der Waals surface area (Å²) in [7, 11) is 0.